The Morgan fingerprint density at radius 1 is 1.00 bits per heavy atom. The number of hydrogen-bond donors (Lipinski definition) is 1. The van der Waals surface area contributed by atoms with Crippen LogP contribution in [-0.2, 0) is 14.6 Å². The van der Waals surface area contributed by atoms with Crippen molar-refractivity contribution in [3.05, 3.63) is 71.9 Å². The molecule has 0 radical (unpaired) electrons. The average Bonchev–Trinajstić information content (AvgIpc) is 3.19. The molecule has 1 N–H and O–H groups in total. The highest BCUT2D eigenvalue weighted by Gasteiger charge is 2.18. The van der Waals surface area contributed by atoms with Crippen LogP contribution in [0.25, 0.3) is 32.3 Å². The number of amides is 1. The number of carbonyl (C=O) groups is 1. The third-order valence-electron chi connectivity index (χ3n) is 4.58. The summed E-state index contributed by atoms with van der Waals surface area (Å²) in [6.45, 7) is 1.43. The highest BCUT2D eigenvalue weighted by molar-refractivity contribution is 7.90. The largest absolute Gasteiger partial charge is 0.311 e. The summed E-state index contributed by atoms with van der Waals surface area (Å²) in [7, 11) is -3.28. The summed E-state index contributed by atoms with van der Waals surface area (Å²) in [5.41, 5.74) is 3.23. The van der Waals surface area contributed by atoms with E-state index in [0.717, 1.165) is 32.3 Å². The lowest BCUT2D eigenvalue weighted by atomic mass is 10.1. The summed E-state index contributed by atoms with van der Waals surface area (Å²) in [6.07, 6.45) is 2.81. The number of sulfone groups is 1. The summed E-state index contributed by atoms with van der Waals surface area (Å²) in [5.74, 6) is 0.236. The van der Waals surface area contributed by atoms with E-state index in [1.165, 1.54) is 24.5 Å². The molecule has 2 heterocycles. The number of anilines is 1. The third-order valence-corrected chi connectivity index (χ3v) is 7.10. The first-order valence-electron chi connectivity index (χ1n) is 9.52. The van der Waals surface area contributed by atoms with Gasteiger partial charge in [0.15, 0.2) is 9.84 Å². The molecule has 0 aliphatic rings. The summed E-state index contributed by atoms with van der Waals surface area (Å²) in [6, 6.07) is 17.7. The van der Waals surface area contributed by atoms with Crippen LogP contribution in [0.3, 0.4) is 0 Å². The van der Waals surface area contributed by atoms with Crippen molar-refractivity contribution < 1.29 is 13.2 Å². The fraction of sp³-hybridized carbons (Fsp3) is 0.0870. The highest BCUT2D eigenvalue weighted by atomic mass is 35.5. The topological polar surface area (TPSA) is 89.0 Å². The van der Waals surface area contributed by atoms with Crippen molar-refractivity contribution in [1.29, 1.82) is 0 Å². The van der Waals surface area contributed by atoms with E-state index in [9.17, 15) is 13.2 Å². The van der Waals surface area contributed by atoms with Crippen molar-refractivity contribution in [3.63, 3.8) is 0 Å². The van der Waals surface area contributed by atoms with Gasteiger partial charge in [-0.05, 0) is 42.0 Å². The molecule has 2 aromatic heterocycles. The fourth-order valence-corrected chi connectivity index (χ4v) is 5.05. The van der Waals surface area contributed by atoms with E-state index in [1.807, 2.05) is 24.3 Å². The Morgan fingerprint density at radius 3 is 2.41 bits per heavy atom. The number of hydrogen-bond acceptors (Lipinski definition) is 6. The number of halogens is 1. The Hall–Kier alpha value is -3.07. The molecule has 1 amide bonds. The zero-order valence-electron chi connectivity index (χ0n) is 17.2. The van der Waals surface area contributed by atoms with E-state index in [-0.39, 0.29) is 10.8 Å². The molecule has 0 aliphatic carbocycles. The number of nitrogens with zero attached hydrogens (tertiary/aromatic N) is 2. The van der Waals surface area contributed by atoms with Crippen molar-refractivity contribution >= 4 is 44.5 Å². The van der Waals surface area contributed by atoms with Gasteiger partial charge < -0.3 is 5.32 Å². The third kappa shape index (κ3) is 4.88. The molecule has 0 saturated carbocycles. The first kappa shape index (κ1) is 22.1. The second kappa shape index (κ2) is 8.82. The van der Waals surface area contributed by atoms with Gasteiger partial charge in [0.05, 0.1) is 15.5 Å². The number of carbonyl (C=O) groups excluding carboxylic acids is 1. The number of thiazole rings is 1. The maximum atomic E-state index is 11.8. The van der Waals surface area contributed by atoms with Gasteiger partial charge in [0.25, 0.3) is 0 Å². The van der Waals surface area contributed by atoms with Crippen molar-refractivity contribution in [2.75, 3.05) is 11.6 Å². The van der Waals surface area contributed by atoms with Gasteiger partial charge >= 0.3 is 0 Å². The first-order chi connectivity index (χ1) is 15.2. The van der Waals surface area contributed by atoms with Crippen molar-refractivity contribution in [2.45, 2.75) is 11.8 Å². The second-order valence-electron chi connectivity index (χ2n) is 7.11. The molecule has 0 bridgehead atoms. The molecule has 0 fully saturated rings. The number of nitrogens with one attached hydrogen (secondary N) is 1. The predicted molar refractivity (Wildman–Crippen MR) is 129 cm³/mol. The second-order valence-corrected chi connectivity index (χ2v) is 10.6. The number of aromatic nitrogens is 2. The SMILES string of the molecule is CC(=O)Nc1cc(-c2sc(-c3ccc(S(C)(=O)=O)cc3)nc2-c2cccc(Cl)c2)ccn1. The Bertz CT molecular complexity index is 1410. The quantitative estimate of drug-likeness (QED) is 0.401. The monoisotopic (exact) mass is 483 g/mol. The van der Waals surface area contributed by atoms with Crippen LogP contribution in [0.1, 0.15) is 6.92 Å². The molecular formula is C23H18ClN3O3S2. The molecule has 2 aromatic carbocycles. The first-order valence-corrected chi connectivity index (χ1v) is 12.6. The Kier molecular flexibility index (Phi) is 6.10. The predicted octanol–water partition coefficient (Wildman–Crippen LogP) is 5.55. The number of benzene rings is 2. The molecule has 4 rings (SSSR count). The lowest BCUT2D eigenvalue weighted by Crippen LogP contribution is -2.07. The number of pyridine rings is 1. The molecule has 0 saturated heterocycles. The van der Waals surface area contributed by atoms with E-state index in [1.54, 1.807) is 42.6 Å². The molecule has 0 atom stereocenters. The van der Waals surface area contributed by atoms with Crippen molar-refractivity contribution in [3.8, 4) is 32.3 Å². The molecular weight excluding hydrogens is 466 g/mol. The minimum absolute atomic E-state index is 0.208. The van der Waals surface area contributed by atoms with E-state index in [0.29, 0.717) is 10.8 Å². The summed E-state index contributed by atoms with van der Waals surface area (Å²) in [5, 5.41) is 4.02. The summed E-state index contributed by atoms with van der Waals surface area (Å²) in [4.78, 5) is 21.6. The van der Waals surface area contributed by atoms with Crippen LogP contribution in [0.2, 0.25) is 5.02 Å². The van der Waals surface area contributed by atoms with Gasteiger partial charge in [-0.25, -0.2) is 18.4 Å². The smallest absolute Gasteiger partial charge is 0.222 e. The van der Waals surface area contributed by atoms with Gasteiger partial charge in [-0.3, -0.25) is 4.79 Å². The fourth-order valence-electron chi connectivity index (χ4n) is 3.14. The molecule has 32 heavy (non-hydrogen) atoms. The lowest BCUT2D eigenvalue weighted by Gasteiger charge is -2.06. The van der Waals surface area contributed by atoms with Crippen LogP contribution in [0.4, 0.5) is 5.82 Å². The Balaban J connectivity index is 1.85. The Labute approximate surface area is 194 Å². The molecule has 4 aromatic rings. The summed E-state index contributed by atoms with van der Waals surface area (Å²) < 4.78 is 23.6. The van der Waals surface area contributed by atoms with Crippen LogP contribution >= 0.6 is 22.9 Å². The Morgan fingerprint density at radius 2 is 1.75 bits per heavy atom. The van der Waals surface area contributed by atoms with Gasteiger partial charge in [-0.1, -0.05) is 35.9 Å². The van der Waals surface area contributed by atoms with Crippen molar-refractivity contribution in [2.24, 2.45) is 0 Å². The minimum Gasteiger partial charge on any atom is -0.311 e. The van der Waals surface area contributed by atoms with Gasteiger partial charge in [0.1, 0.15) is 10.8 Å². The molecule has 0 spiro atoms. The van der Waals surface area contributed by atoms with Gasteiger partial charge in [0, 0.05) is 35.5 Å². The highest BCUT2D eigenvalue weighted by Crippen LogP contribution is 2.41. The molecule has 9 heteroatoms. The normalized spacial score (nSPS) is 11.3. The van der Waals surface area contributed by atoms with E-state index >= 15 is 0 Å². The van der Waals surface area contributed by atoms with E-state index in [4.69, 9.17) is 16.6 Å². The average molecular weight is 484 g/mol. The zero-order valence-corrected chi connectivity index (χ0v) is 19.6. The van der Waals surface area contributed by atoms with Gasteiger partial charge in [0.2, 0.25) is 5.91 Å². The van der Waals surface area contributed by atoms with Crippen LogP contribution in [0.5, 0.6) is 0 Å². The standard InChI is InChI=1S/C23H18ClN3O3S2/c1-14(28)26-20-13-17(10-11-25-20)22-21(16-4-3-5-18(24)12-16)27-23(31-22)15-6-8-19(9-7-15)32(2,29)30/h3-13H,1-2H3,(H,25,26,28). The molecule has 0 aliphatic heterocycles. The lowest BCUT2D eigenvalue weighted by molar-refractivity contribution is -0.114. The van der Waals surface area contributed by atoms with E-state index < -0.39 is 9.84 Å². The summed E-state index contributed by atoms with van der Waals surface area (Å²) >= 11 is 7.68. The van der Waals surface area contributed by atoms with Crippen LogP contribution < -0.4 is 5.32 Å². The molecule has 0 unspecified atom stereocenters. The minimum atomic E-state index is -3.28. The van der Waals surface area contributed by atoms with Crippen molar-refractivity contribution in [1.82, 2.24) is 9.97 Å². The van der Waals surface area contributed by atoms with E-state index in [2.05, 4.69) is 10.3 Å². The zero-order chi connectivity index (χ0) is 22.9. The maximum Gasteiger partial charge on any atom is 0.222 e. The van der Waals surface area contributed by atoms with Crippen LogP contribution in [0.15, 0.2) is 71.8 Å². The molecule has 162 valence electrons. The van der Waals surface area contributed by atoms with Crippen LogP contribution in [0, 0.1) is 0 Å². The maximum absolute atomic E-state index is 11.8. The number of rotatable bonds is 5. The van der Waals surface area contributed by atoms with Gasteiger partial charge in [-0.15, -0.1) is 11.3 Å². The van der Waals surface area contributed by atoms with Gasteiger partial charge in [-0.2, -0.15) is 0 Å². The molecule has 6 nitrogen and oxygen atoms in total. The van der Waals surface area contributed by atoms with Crippen LogP contribution in [-0.4, -0.2) is 30.5 Å².